The first-order valence-corrected chi connectivity index (χ1v) is 6.19. The summed E-state index contributed by atoms with van der Waals surface area (Å²) in [6, 6.07) is 2.93. The van der Waals surface area contributed by atoms with Crippen molar-refractivity contribution in [3.8, 4) is 10.8 Å². The first kappa shape index (κ1) is 12.7. The van der Waals surface area contributed by atoms with Gasteiger partial charge in [0.2, 0.25) is 5.82 Å². The SMILES string of the molecule is CCCC(O)c1noc(-c2ccc([N+](=O)[O-])s2)n1. The highest BCUT2D eigenvalue weighted by molar-refractivity contribution is 7.18. The molecule has 7 nitrogen and oxygen atoms in total. The fourth-order valence-corrected chi connectivity index (χ4v) is 2.16. The van der Waals surface area contributed by atoms with Crippen molar-refractivity contribution in [3.63, 3.8) is 0 Å². The van der Waals surface area contributed by atoms with E-state index in [1.807, 2.05) is 6.92 Å². The van der Waals surface area contributed by atoms with E-state index in [-0.39, 0.29) is 16.7 Å². The summed E-state index contributed by atoms with van der Waals surface area (Å²) in [5.74, 6) is 0.404. The predicted molar refractivity (Wildman–Crippen MR) is 64.1 cm³/mol. The highest BCUT2D eigenvalue weighted by Gasteiger charge is 2.19. The minimum atomic E-state index is -0.762. The molecule has 1 atom stereocenters. The van der Waals surface area contributed by atoms with E-state index in [9.17, 15) is 15.2 Å². The maximum absolute atomic E-state index is 10.6. The highest BCUT2D eigenvalue weighted by Crippen LogP contribution is 2.32. The molecule has 2 aromatic rings. The first-order valence-electron chi connectivity index (χ1n) is 5.38. The third-order valence-corrected chi connectivity index (χ3v) is 3.31. The second kappa shape index (κ2) is 5.23. The predicted octanol–water partition coefficient (Wildman–Crippen LogP) is 2.54. The third-order valence-electron chi connectivity index (χ3n) is 2.28. The van der Waals surface area contributed by atoms with Crippen LogP contribution in [0.4, 0.5) is 5.00 Å². The summed E-state index contributed by atoms with van der Waals surface area (Å²) in [5.41, 5.74) is 0. The van der Waals surface area contributed by atoms with Crippen molar-refractivity contribution < 1.29 is 14.6 Å². The Morgan fingerprint density at radius 2 is 2.39 bits per heavy atom. The Morgan fingerprint density at radius 1 is 1.61 bits per heavy atom. The summed E-state index contributed by atoms with van der Waals surface area (Å²) in [6.07, 6.45) is 0.585. The van der Waals surface area contributed by atoms with E-state index in [0.717, 1.165) is 17.8 Å². The van der Waals surface area contributed by atoms with Gasteiger partial charge in [0.05, 0.1) is 9.80 Å². The fourth-order valence-electron chi connectivity index (χ4n) is 1.41. The summed E-state index contributed by atoms with van der Waals surface area (Å²) in [5, 5.41) is 23.9. The quantitative estimate of drug-likeness (QED) is 0.661. The van der Waals surface area contributed by atoms with E-state index in [2.05, 4.69) is 10.1 Å². The largest absolute Gasteiger partial charge is 0.385 e. The Kier molecular flexibility index (Phi) is 3.68. The maximum Gasteiger partial charge on any atom is 0.324 e. The molecule has 96 valence electrons. The first-order chi connectivity index (χ1) is 8.61. The Morgan fingerprint density at radius 3 is 3.00 bits per heavy atom. The van der Waals surface area contributed by atoms with Crippen LogP contribution in [0.3, 0.4) is 0 Å². The lowest BCUT2D eigenvalue weighted by Crippen LogP contribution is -1.98. The topological polar surface area (TPSA) is 102 Å². The van der Waals surface area contributed by atoms with Gasteiger partial charge in [0.15, 0.2) is 0 Å². The molecule has 8 heteroatoms. The Labute approximate surface area is 106 Å². The molecule has 0 aromatic carbocycles. The molecule has 0 aliphatic rings. The van der Waals surface area contributed by atoms with Gasteiger partial charge >= 0.3 is 5.00 Å². The van der Waals surface area contributed by atoms with Gasteiger partial charge in [-0.15, -0.1) is 0 Å². The Hall–Kier alpha value is -1.80. The summed E-state index contributed by atoms with van der Waals surface area (Å²) in [7, 11) is 0. The lowest BCUT2D eigenvalue weighted by Gasteiger charge is -2.00. The molecule has 0 saturated heterocycles. The van der Waals surface area contributed by atoms with Crippen LogP contribution in [0.25, 0.3) is 10.8 Å². The molecule has 18 heavy (non-hydrogen) atoms. The van der Waals surface area contributed by atoms with Gasteiger partial charge in [-0.3, -0.25) is 10.1 Å². The van der Waals surface area contributed by atoms with Crippen LogP contribution in [0.15, 0.2) is 16.7 Å². The van der Waals surface area contributed by atoms with E-state index < -0.39 is 11.0 Å². The zero-order valence-electron chi connectivity index (χ0n) is 9.57. The molecule has 0 aliphatic carbocycles. The average molecular weight is 269 g/mol. The van der Waals surface area contributed by atoms with Gasteiger partial charge in [0.25, 0.3) is 5.89 Å². The number of nitro groups is 1. The Balaban J connectivity index is 2.20. The van der Waals surface area contributed by atoms with Crippen molar-refractivity contribution in [2.24, 2.45) is 0 Å². The van der Waals surface area contributed by atoms with E-state index in [1.165, 1.54) is 6.07 Å². The van der Waals surface area contributed by atoms with Crippen LogP contribution < -0.4 is 0 Å². The van der Waals surface area contributed by atoms with E-state index >= 15 is 0 Å². The van der Waals surface area contributed by atoms with Gasteiger partial charge < -0.3 is 9.63 Å². The molecule has 1 unspecified atom stereocenters. The Bertz CT molecular complexity index is 551. The number of aromatic nitrogens is 2. The zero-order chi connectivity index (χ0) is 13.1. The summed E-state index contributed by atoms with van der Waals surface area (Å²) in [6.45, 7) is 1.94. The van der Waals surface area contributed by atoms with Gasteiger partial charge in [-0.25, -0.2) is 0 Å². The number of nitrogens with zero attached hydrogens (tertiary/aromatic N) is 3. The van der Waals surface area contributed by atoms with Crippen LogP contribution >= 0.6 is 11.3 Å². The standard InChI is InChI=1S/C10H11N3O4S/c1-2-3-6(14)9-11-10(17-12-9)7-4-5-8(18-7)13(15)16/h4-6,14H,2-3H2,1H3. The van der Waals surface area contributed by atoms with Crippen LogP contribution in [-0.2, 0) is 0 Å². The number of hydrogen-bond donors (Lipinski definition) is 1. The third kappa shape index (κ3) is 2.54. The second-order valence-corrected chi connectivity index (χ2v) is 4.72. The minimum absolute atomic E-state index is 0.0128. The van der Waals surface area contributed by atoms with Crippen LogP contribution in [0.2, 0.25) is 0 Å². The number of hydrogen-bond acceptors (Lipinski definition) is 7. The molecule has 0 amide bonds. The van der Waals surface area contributed by atoms with Gasteiger partial charge in [-0.1, -0.05) is 29.8 Å². The number of aliphatic hydroxyl groups is 1. The van der Waals surface area contributed by atoms with Crippen molar-refractivity contribution in [2.45, 2.75) is 25.9 Å². The van der Waals surface area contributed by atoms with Crippen molar-refractivity contribution in [3.05, 3.63) is 28.1 Å². The van der Waals surface area contributed by atoms with Crippen LogP contribution in [-0.4, -0.2) is 20.2 Å². The van der Waals surface area contributed by atoms with Gasteiger partial charge in [-0.2, -0.15) is 4.98 Å². The molecule has 0 fully saturated rings. The summed E-state index contributed by atoms with van der Waals surface area (Å²) in [4.78, 5) is 14.6. The fraction of sp³-hybridized carbons (Fsp3) is 0.400. The smallest absolute Gasteiger partial charge is 0.324 e. The molecule has 1 N–H and O–H groups in total. The van der Waals surface area contributed by atoms with Gasteiger partial charge in [0.1, 0.15) is 6.10 Å². The second-order valence-electron chi connectivity index (χ2n) is 3.66. The van der Waals surface area contributed by atoms with E-state index in [0.29, 0.717) is 11.3 Å². The van der Waals surface area contributed by atoms with Crippen LogP contribution in [0.5, 0.6) is 0 Å². The number of rotatable bonds is 5. The molecule has 2 heterocycles. The molecule has 0 spiro atoms. The molecule has 0 bridgehead atoms. The van der Waals surface area contributed by atoms with E-state index in [4.69, 9.17) is 4.52 Å². The molecule has 2 aromatic heterocycles. The van der Waals surface area contributed by atoms with Gasteiger partial charge in [-0.05, 0) is 12.5 Å². The van der Waals surface area contributed by atoms with Crippen molar-refractivity contribution in [1.29, 1.82) is 0 Å². The maximum atomic E-state index is 10.6. The molecular weight excluding hydrogens is 258 g/mol. The monoisotopic (exact) mass is 269 g/mol. The summed E-state index contributed by atoms with van der Waals surface area (Å²) < 4.78 is 4.98. The molecular formula is C10H11N3O4S. The number of aliphatic hydroxyl groups excluding tert-OH is 1. The molecule has 2 rings (SSSR count). The molecule has 0 aliphatic heterocycles. The van der Waals surface area contributed by atoms with Crippen molar-refractivity contribution in [1.82, 2.24) is 10.1 Å². The normalized spacial score (nSPS) is 12.6. The van der Waals surface area contributed by atoms with Gasteiger partial charge in [0, 0.05) is 6.07 Å². The van der Waals surface area contributed by atoms with Crippen LogP contribution in [0, 0.1) is 10.1 Å². The zero-order valence-corrected chi connectivity index (χ0v) is 10.4. The minimum Gasteiger partial charge on any atom is -0.385 e. The highest BCUT2D eigenvalue weighted by atomic mass is 32.1. The lowest BCUT2D eigenvalue weighted by molar-refractivity contribution is -0.380. The average Bonchev–Trinajstić information content (AvgIpc) is 2.98. The molecule has 0 radical (unpaired) electrons. The summed E-state index contributed by atoms with van der Waals surface area (Å²) >= 11 is 0.956. The lowest BCUT2D eigenvalue weighted by atomic mass is 10.2. The van der Waals surface area contributed by atoms with Crippen molar-refractivity contribution in [2.75, 3.05) is 0 Å². The molecule has 0 saturated carbocycles. The number of thiophene rings is 1. The van der Waals surface area contributed by atoms with Crippen LogP contribution in [0.1, 0.15) is 31.7 Å². The van der Waals surface area contributed by atoms with E-state index in [1.54, 1.807) is 6.07 Å². The van der Waals surface area contributed by atoms with Crippen molar-refractivity contribution >= 4 is 16.3 Å².